The molecule has 1 aromatic heterocycles. The van der Waals surface area contributed by atoms with Crippen molar-refractivity contribution in [2.24, 2.45) is 0 Å². The number of para-hydroxylation sites is 1. The molecule has 1 atom stereocenters. The van der Waals surface area contributed by atoms with Gasteiger partial charge in [0.05, 0.1) is 10.4 Å². The average Bonchev–Trinajstić information content (AvgIpc) is 2.66. The van der Waals surface area contributed by atoms with Crippen LogP contribution in [0.1, 0.15) is 37.3 Å². The molecule has 0 aliphatic carbocycles. The summed E-state index contributed by atoms with van der Waals surface area (Å²) in [5, 5.41) is 0.997. The zero-order chi connectivity index (χ0) is 17.9. The maximum absolute atomic E-state index is 12.6. The van der Waals surface area contributed by atoms with Crippen molar-refractivity contribution in [2.45, 2.75) is 37.6 Å². The van der Waals surface area contributed by atoms with Gasteiger partial charge in [-0.15, -0.1) is 0 Å². The number of pyridine rings is 1. The predicted octanol–water partition coefficient (Wildman–Crippen LogP) is 4.23. The topological polar surface area (TPSA) is 59.1 Å². The highest BCUT2D eigenvalue weighted by Gasteiger charge is 2.15. The van der Waals surface area contributed by atoms with E-state index in [0.717, 1.165) is 28.5 Å². The summed E-state index contributed by atoms with van der Waals surface area (Å²) in [5.74, 6) is 0.423. The van der Waals surface area contributed by atoms with E-state index in [2.05, 4.69) is 23.6 Å². The highest BCUT2D eigenvalue weighted by Crippen LogP contribution is 2.21. The number of nitrogens with zero attached hydrogens (tertiary/aromatic N) is 1. The minimum atomic E-state index is -3.55. The average molecular weight is 354 g/mol. The summed E-state index contributed by atoms with van der Waals surface area (Å²) in [6, 6.07) is 16.7. The van der Waals surface area contributed by atoms with Crippen molar-refractivity contribution in [2.75, 3.05) is 0 Å². The van der Waals surface area contributed by atoms with Crippen LogP contribution in [-0.2, 0) is 16.6 Å². The summed E-state index contributed by atoms with van der Waals surface area (Å²) in [4.78, 5) is 4.65. The Kier molecular flexibility index (Phi) is 5.16. The van der Waals surface area contributed by atoms with Crippen LogP contribution in [0.15, 0.2) is 65.7 Å². The number of aromatic nitrogens is 1. The number of fused-ring (bicyclic) bond motifs is 1. The molecular weight excluding hydrogens is 332 g/mol. The van der Waals surface area contributed by atoms with Gasteiger partial charge < -0.3 is 0 Å². The predicted molar refractivity (Wildman–Crippen MR) is 101 cm³/mol. The molecule has 0 aliphatic rings. The largest absolute Gasteiger partial charge is 0.256 e. The lowest BCUT2D eigenvalue weighted by Crippen LogP contribution is -2.23. The molecule has 25 heavy (non-hydrogen) atoms. The van der Waals surface area contributed by atoms with Gasteiger partial charge in [-0.2, -0.15) is 0 Å². The van der Waals surface area contributed by atoms with Gasteiger partial charge >= 0.3 is 0 Å². The molecule has 4 nitrogen and oxygen atoms in total. The molecule has 0 bridgehead atoms. The molecular formula is C20H22N2O2S. The molecule has 2 aromatic carbocycles. The smallest absolute Gasteiger partial charge is 0.240 e. The third-order valence-corrected chi connectivity index (χ3v) is 5.96. The van der Waals surface area contributed by atoms with E-state index in [4.69, 9.17) is 0 Å². The Morgan fingerprint density at radius 3 is 2.48 bits per heavy atom. The van der Waals surface area contributed by atoms with Gasteiger partial charge in [-0.25, -0.2) is 13.1 Å². The number of rotatable bonds is 6. The first-order valence-electron chi connectivity index (χ1n) is 8.43. The van der Waals surface area contributed by atoms with E-state index in [1.54, 1.807) is 18.3 Å². The van der Waals surface area contributed by atoms with Crippen molar-refractivity contribution in [3.63, 3.8) is 0 Å². The molecule has 1 heterocycles. The number of hydrogen-bond donors (Lipinski definition) is 1. The second-order valence-electron chi connectivity index (χ2n) is 6.20. The van der Waals surface area contributed by atoms with Crippen LogP contribution in [0.3, 0.4) is 0 Å². The zero-order valence-electron chi connectivity index (χ0n) is 14.4. The Labute approximate surface area is 149 Å². The second-order valence-corrected chi connectivity index (χ2v) is 7.96. The van der Waals surface area contributed by atoms with Crippen LogP contribution < -0.4 is 4.72 Å². The minimum absolute atomic E-state index is 0.212. The highest BCUT2D eigenvalue weighted by atomic mass is 32.2. The lowest BCUT2D eigenvalue weighted by molar-refractivity contribution is 0.581. The van der Waals surface area contributed by atoms with Crippen LogP contribution in [0, 0.1) is 0 Å². The van der Waals surface area contributed by atoms with Crippen molar-refractivity contribution >= 4 is 20.9 Å². The van der Waals surface area contributed by atoms with E-state index >= 15 is 0 Å². The lowest BCUT2D eigenvalue weighted by atomic mass is 9.99. The zero-order valence-corrected chi connectivity index (χ0v) is 15.3. The number of benzene rings is 2. The van der Waals surface area contributed by atoms with Gasteiger partial charge in [0.2, 0.25) is 10.0 Å². The SMILES string of the molecule is CCC(C)c1ccc(S(=O)(=O)NCc2cccc3cccnc23)cc1. The van der Waals surface area contributed by atoms with Gasteiger partial charge in [0.15, 0.2) is 0 Å². The number of nitrogens with one attached hydrogen (secondary N) is 1. The van der Waals surface area contributed by atoms with Crippen molar-refractivity contribution in [3.8, 4) is 0 Å². The van der Waals surface area contributed by atoms with E-state index in [-0.39, 0.29) is 11.4 Å². The molecule has 0 aliphatic heterocycles. The Balaban J connectivity index is 1.79. The van der Waals surface area contributed by atoms with Crippen LogP contribution in [0.2, 0.25) is 0 Å². The Bertz CT molecular complexity index is 961. The van der Waals surface area contributed by atoms with Gasteiger partial charge in [-0.1, -0.05) is 50.2 Å². The third-order valence-electron chi connectivity index (χ3n) is 4.54. The quantitative estimate of drug-likeness (QED) is 0.721. The third kappa shape index (κ3) is 3.89. The lowest BCUT2D eigenvalue weighted by Gasteiger charge is -2.11. The summed E-state index contributed by atoms with van der Waals surface area (Å²) >= 11 is 0. The molecule has 5 heteroatoms. The van der Waals surface area contributed by atoms with E-state index < -0.39 is 10.0 Å². The Hall–Kier alpha value is -2.24. The van der Waals surface area contributed by atoms with E-state index in [9.17, 15) is 8.42 Å². The summed E-state index contributed by atoms with van der Waals surface area (Å²) < 4.78 is 27.8. The second kappa shape index (κ2) is 7.33. The van der Waals surface area contributed by atoms with Crippen LogP contribution in [0.25, 0.3) is 10.9 Å². The molecule has 130 valence electrons. The molecule has 0 fully saturated rings. The highest BCUT2D eigenvalue weighted by molar-refractivity contribution is 7.89. The van der Waals surface area contributed by atoms with Gasteiger partial charge in [-0.3, -0.25) is 4.98 Å². The van der Waals surface area contributed by atoms with Crippen molar-refractivity contribution < 1.29 is 8.42 Å². The maximum Gasteiger partial charge on any atom is 0.240 e. The summed E-state index contributed by atoms with van der Waals surface area (Å²) in [7, 11) is -3.55. The standard InChI is InChI=1S/C20H22N2O2S/c1-3-15(2)16-9-11-19(12-10-16)25(23,24)22-14-18-7-4-6-17-8-5-13-21-20(17)18/h4-13,15,22H,3,14H2,1-2H3. The monoisotopic (exact) mass is 354 g/mol. The fourth-order valence-corrected chi connectivity index (χ4v) is 3.78. The van der Waals surface area contributed by atoms with Crippen LogP contribution in [0.5, 0.6) is 0 Å². The van der Waals surface area contributed by atoms with Crippen LogP contribution >= 0.6 is 0 Å². The Morgan fingerprint density at radius 2 is 1.76 bits per heavy atom. The summed E-state index contributed by atoms with van der Waals surface area (Å²) in [6.45, 7) is 4.47. The molecule has 0 radical (unpaired) electrons. The molecule has 0 saturated heterocycles. The van der Waals surface area contributed by atoms with E-state index in [0.29, 0.717) is 5.92 Å². The summed E-state index contributed by atoms with van der Waals surface area (Å²) in [5.41, 5.74) is 2.83. The van der Waals surface area contributed by atoms with Gasteiger partial charge in [0.1, 0.15) is 0 Å². The fourth-order valence-electron chi connectivity index (χ4n) is 2.78. The molecule has 1 unspecified atom stereocenters. The maximum atomic E-state index is 12.6. The fraction of sp³-hybridized carbons (Fsp3) is 0.250. The first-order valence-corrected chi connectivity index (χ1v) is 9.92. The van der Waals surface area contributed by atoms with Gasteiger partial charge in [0.25, 0.3) is 0 Å². The first-order chi connectivity index (χ1) is 12.0. The van der Waals surface area contributed by atoms with Crippen molar-refractivity contribution in [1.29, 1.82) is 0 Å². The van der Waals surface area contributed by atoms with Crippen molar-refractivity contribution in [1.82, 2.24) is 9.71 Å². The number of sulfonamides is 1. The van der Waals surface area contributed by atoms with Gasteiger partial charge in [-0.05, 0) is 41.7 Å². The summed E-state index contributed by atoms with van der Waals surface area (Å²) in [6.07, 6.45) is 2.74. The minimum Gasteiger partial charge on any atom is -0.256 e. The molecule has 0 amide bonds. The van der Waals surface area contributed by atoms with Crippen LogP contribution in [-0.4, -0.2) is 13.4 Å². The van der Waals surface area contributed by atoms with E-state index in [1.165, 1.54) is 0 Å². The molecule has 1 N–H and O–H groups in total. The molecule has 0 spiro atoms. The molecule has 3 aromatic rings. The van der Waals surface area contributed by atoms with Gasteiger partial charge in [0, 0.05) is 18.1 Å². The first kappa shape index (κ1) is 17.6. The van der Waals surface area contributed by atoms with Crippen molar-refractivity contribution in [3.05, 3.63) is 71.9 Å². The molecule has 0 saturated carbocycles. The van der Waals surface area contributed by atoms with E-state index in [1.807, 2.05) is 42.5 Å². The molecule has 3 rings (SSSR count). The van der Waals surface area contributed by atoms with Crippen LogP contribution in [0.4, 0.5) is 0 Å². The Morgan fingerprint density at radius 1 is 1.04 bits per heavy atom. The normalized spacial score (nSPS) is 13.0. The number of hydrogen-bond acceptors (Lipinski definition) is 3.